The average molecular weight is 226 g/mol. The predicted molar refractivity (Wildman–Crippen MR) is 58.0 cm³/mol. The molecular weight excluding hydrogens is 208 g/mol. The Morgan fingerprint density at radius 2 is 2.00 bits per heavy atom. The molecule has 2 fully saturated rings. The number of carboxylic acids is 1. The number of nitrogens with zero attached hydrogens (tertiary/aromatic N) is 2. The Labute approximate surface area is 95.0 Å². The van der Waals surface area contributed by atoms with Crippen LogP contribution in [0.4, 0.5) is 0 Å². The topological polar surface area (TPSA) is 60.9 Å². The largest absolute Gasteiger partial charge is 0.481 e. The van der Waals surface area contributed by atoms with Gasteiger partial charge in [0.25, 0.3) is 0 Å². The van der Waals surface area contributed by atoms with Crippen LogP contribution in [-0.4, -0.2) is 59.0 Å². The lowest BCUT2D eigenvalue weighted by Crippen LogP contribution is -2.54. The van der Waals surface area contributed by atoms with Crippen molar-refractivity contribution in [2.24, 2.45) is 5.92 Å². The van der Waals surface area contributed by atoms with Gasteiger partial charge in [0.15, 0.2) is 0 Å². The molecule has 0 aromatic heterocycles. The molecule has 1 saturated heterocycles. The van der Waals surface area contributed by atoms with Gasteiger partial charge in [-0.25, -0.2) is 0 Å². The summed E-state index contributed by atoms with van der Waals surface area (Å²) in [7, 11) is 0. The Morgan fingerprint density at radius 3 is 2.44 bits per heavy atom. The summed E-state index contributed by atoms with van der Waals surface area (Å²) < 4.78 is 0. The van der Waals surface area contributed by atoms with Crippen LogP contribution < -0.4 is 0 Å². The fourth-order valence-electron chi connectivity index (χ4n) is 2.16. The highest BCUT2D eigenvalue weighted by Crippen LogP contribution is 2.27. The van der Waals surface area contributed by atoms with Gasteiger partial charge < -0.3 is 10.0 Å². The first-order chi connectivity index (χ1) is 7.61. The maximum Gasteiger partial charge on any atom is 0.309 e. The first kappa shape index (κ1) is 11.4. The summed E-state index contributed by atoms with van der Waals surface area (Å²) in [6.07, 6.45) is 2.24. The minimum absolute atomic E-state index is 0.147. The third-order valence-electron chi connectivity index (χ3n) is 3.31. The van der Waals surface area contributed by atoms with E-state index in [0.717, 1.165) is 19.4 Å². The maximum absolute atomic E-state index is 11.9. The molecule has 1 aliphatic carbocycles. The monoisotopic (exact) mass is 226 g/mol. The molecule has 0 radical (unpaired) electrons. The van der Waals surface area contributed by atoms with Gasteiger partial charge >= 0.3 is 5.97 Å². The van der Waals surface area contributed by atoms with Crippen LogP contribution >= 0.6 is 0 Å². The molecule has 5 nitrogen and oxygen atoms in total. The van der Waals surface area contributed by atoms with Crippen molar-refractivity contribution in [3.8, 4) is 0 Å². The van der Waals surface area contributed by atoms with Crippen LogP contribution in [0.15, 0.2) is 0 Å². The Hall–Kier alpha value is -1.10. The molecule has 1 saturated carbocycles. The number of rotatable bonds is 5. The van der Waals surface area contributed by atoms with Gasteiger partial charge in [-0.15, -0.1) is 0 Å². The fraction of sp³-hybridized carbons (Fsp3) is 0.818. The van der Waals surface area contributed by atoms with Crippen molar-refractivity contribution in [2.75, 3.05) is 26.2 Å². The van der Waals surface area contributed by atoms with Gasteiger partial charge in [0.2, 0.25) is 5.91 Å². The molecule has 16 heavy (non-hydrogen) atoms. The van der Waals surface area contributed by atoms with Gasteiger partial charge in [-0.3, -0.25) is 14.5 Å². The molecule has 0 unspecified atom stereocenters. The molecule has 5 heteroatoms. The molecule has 2 aliphatic rings. The summed E-state index contributed by atoms with van der Waals surface area (Å²) in [5.74, 6) is -0.879. The Bertz CT molecular complexity index is 296. The van der Waals surface area contributed by atoms with Crippen LogP contribution in [0.25, 0.3) is 0 Å². The van der Waals surface area contributed by atoms with Gasteiger partial charge in [-0.1, -0.05) is 0 Å². The van der Waals surface area contributed by atoms with Gasteiger partial charge in [-0.05, 0) is 19.8 Å². The molecular formula is C11H18N2O3. The second kappa shape index (κ2) is 4.41. The summed E-state index contributed by atoms with van der Waals surface area (Å²) in [4.78, 5) is 26.3. The van der Waals surface area contributed by atoms with Crippen molar-refractivity contribution in [3.63, 3.8) is 0 Å². The molecule has 0 spiro atoms. The van der Waals surface area contributed by atoms with E-state index in [1.165, 1.54) is 0 Å². The third kappa shape index (κ3) is 2.35. The average Bonchev–Trinajstić information content (AvgIpc) is 2.95. The summed E-state index contributed by atoms with van der Waals surface area (Å²) in [5, 5.41) is 8.72. The molecule has 1 N–H and O–H groups in total. The van der Waals surface area contributed by atoms with Crippen molar-refractivity contribution < 1.29 is 14.7 Å². The highest BCUT2D eigenvalue weighted by molar-refractivity contribution is 5.79. The van der Waals surface area contributed by atoms with Crippen LogP contribution in [0, 0.1) is 5.92 Å². The fourth-order valence-corrected chi connectivity index (χ4v) is 2.16. The van der Waals surface area contributed by atoms with Crippen molar-refractivity contribution in [1.29, 1.82) is 0 Å². The molecule has 90 valence electrons. The quantitative estimate of drug-likeness (QED) is 0.717. The summed E-state index contributed by atoms with van der Waals surface area (Å²) in [6.45, 7) is 4.17. The molecule has 1 heterocycles. The predicted octanol–water partition coefficient (Wildman–Crippen LogP) is 0.0137. The molecule has 1 amide bonds. The lowest BCUT2D eigenvalue weighted by molar-refractivity contribution is -0.150. The third-order valence-corrected chi connectivity index (χ3v) is 3.31. The van der Waals surface area contributed by atoms with E-state index in [2.05, 4.69) is 0 Å². The van der Waals surface area contributed by atoms with E-state index in [1.807, 2.05) is 16.7 Å². The van der Waals surface area contributed by atoms with Crippen LogP contribution in [0.2, 0.25) is 0 Å². The molecule has 2 rings (SSSR count). The number of carbonyl (C=O) groups excluding carboxylic acids is 1. The molecule has 0 atom stereocenters. The Kier molecular flexibility index (Phi) is 3.14. The zero-order valence-corrected chi connectivity index (χ0v) is 9.56. The first-order valence-corrected chi connectivity index (χ1v) is 5.86. The Balaban J connectivity index is 1.74. The van der Waals surface area contributed by atoms with Crippen molar-refractivity contribution in [1.82, 2.24) is 9.80 Å². The normalized spacial score (nSPS) is 21.6. The van der Waals surface area contributed by atoms with E-state index in [1.54, 1.807) is 0 Å². The van der Waals surface area contributed by atoms with Crippen LogP contribution in [0.3, 0.4) is 0 Å². The second-order valence-electron chi connectivity index (χ2n) is 4.64. The molecule has 0 aromatic carbocycles. The Morgan fingerprint density at radius 1 is 1.38 bits per heavy atom. The minimum atomic E-state index is -0.752. The van der Waals surface area contributed by atoms with E-state index in [4.69, 9.17) is 5.11 Å². The highest BCUT2D eigenvalue weighted by Gasteiger charge is 2.36. The van der Waals surface area contributed by atoms with Crippen LogP contribution in [-0.2, 0) is 9.59 Å². The molecule has 0 bridgehead atoms. The van der Waals surface area contributed by atoms with E-state index >= 15 is 0 Å². The van der Waals surface area contributed by atoms with Gasteiger partial charge in [-0.2, -0.15) is 0 Å². The number of carboxylic acid groups (broad SMARTS) is 1. The van der Waals surface area contributed by atoms with E-state index < -0.39 is 5.97 Å². The zero-order chi connectivity index (χ0) is 11.7. The summed E-state index contributed by atoms with van der Waals surface area (Å²) in [5.41, 5.74) is 0. The number of hydrogen-bond acceptors (Lipinski definition) is 3. The van der Waals surface area contributed by atoms with Gasteiger partial charge in [0.1, 0.15) is 0 Å². The lowest BCUT2D eigenvalue weighted by Gasteiger charge is -2.37. The van der Waals surface area contributed by atoms with E-state index in [9.17, 15) is 9.59 Å². The number of hydrogen-bond donors (Lipinski definition) is 1. The lowest BCUT2D eigenvalue weighted by atomic mass is 10.0. The molecule has 1 aliphatic heterocycles. The minimum Gasteiger partial charge on any atom is -0.481 e. The second-order valence-corrected chi connectivity index (χ2v) is 4.64. The number of aliphatic carboxylic acids is 1. The standard InChI is InChI=1S/C11H18N2O3/c1-2-13(9-3-4-9)10(14)7-12-5-8(6-12)11(15)16/h8-9H,2-7H2,1H3,(H,15,16). The van der Waals surface area contributed by atoms with Crippen LogP contribution in [0.1, 0.15) is 19.8 Å². The SMILES string of the molecule is CCN(C(=O)CN1CC(C(=O)O)C1)C1CC1. The number of likely N-dealkylation sites (tertiary alicyclic amines) is 1. The number of likely N-dealkylation sites (N-methyl/N-ethyl adjacent to an activating group) is 1. The summed E-state index contributed by atoms with van der Waals surface area (Å²) in [6, 6.07) is 0.453. The van der Waals surface area contributed by atoms with Gasteiger partial charge in [0, 0.05) is 25.7 Å². The van der Waals surface area contributed by atoms with Crippen molar-refractivity contribution in [3.05, 3.63) is 0 Å². The highest BCUT2D eigenvalue weighted by atomic mass is 16.4. The summed E-state index contributed by atoms with van der Waals surface area (Å²) >= 11 is 0. The zero-order valence-electron chi connectivity index (χ0n) is 9.56. The number of carbonyl (C=O) groups is 2. The molecule has 0 aromatic rings. The number of amides is 1. The maximum atomic E-state index is 11.9. The first-order valence-electron chi connectivity index (χ1n) is 5.86. The smallest absolute Gasteiger partial charge is 0.309 e. The van der Waals surface area contributed by atoms with Crippen molar-refractivity contribution >= 4 is 11.9 Å². The van der Waals surface area contributed by atoms with E-state index in [0.29, 0.717) is 25.7 Å². The van der Waals surface area contributed by atoms with E-state index in [-0.39, 0.29) is 11.8 Å². The van der Waals surface area contributed by atoms with Crippen molar-refractivity contribution in [2.45, 2.75) is 25.8 Å². The van der Waals surface area contributed by atoms with Crippen LogP contribution in [0.5, 0.6) is 0 Å². The van der Waals surface area contributed by atoms with Gasteiger partial charge in [0.05, 0.1) is 12.5 Å².